The number of hydrogen-bond acceptors (Lipinski definition) is 5. The van der Waals surface area contributed by atoms with E-state index in [1.807, 2.05) is 35.2 Å². The van der Waals surface area contributed by atoms with Gasteiger partial charge in [0.25, 0.3) is 5.56 Å². The summed E-state index contributed by atoms with van der Waals surface area (Å²) in [6, 6.07) is 16.6. The Labute approximate surface area is 202 Å². The Morgan fingerprint density at radius 3 is 2.39 bits per heavy atom. The third-order valence-electron chi connectivity index (χ3n) is 5.88. The summed E-state index contributed by atoms with van der Waals surface area (Å²) in [4.78, 5) is 29.7. The lowest BCUT2D eigenvalue weighted by Gasteiger charge is -2.43. The number of para-hydroxylation sites is 1. The molecule has 2 aromatic carbocycles. The number of piperidine rings is 1. The van der Waals surface area contributed by atoms with Crippen LogP contribution in [0.3, 0.4) is 0 Å². The summed E-state index contributed by atoms with van der Waals surface area (Å²) >= 11 is 12.5. The molecule has 1 aromatic heterocycles. The first-order chi connectivity index (χ1) is 15.8. The van der Waals surface area contributed by atoms with Crippen LogP contribution >= 0.6 is 23.2 Å². The summed E-state index contributed by atoms with van der Waals surface area (Å²) in [7, 11) is 3.53. The Hall–Kier alpha value is -3.03. The van der Waals surface area contributed by atoms with Gasteiger partial charge in [-0.1, -0.05) is 47.5 Å². The Kier molecular flexibility index (Phi) is 6.63. The highest BCUT2D eigenvalue weighted by Crippen LogP contribution is 2.33. The average Bonchev–Trinajstić information content (AvgIpc) is 2.81. The predicted octanol–water partition coefficient (Wildman–Crippen LogP) is 4.08. The van der Waals surface area contributed by atoms with Gasteiger partial charge in [0.1, 0.15) is 10.6 Å². The summed E-state index contributed by atoms with van der Waals surface area (Å²) < 4.78 is 1.23. The monoisotopic (exact) mass is 485 g/mol. The number of aromatic nitrogens is 2. The molecule has 9 heteroatoms. The van der Waals surface area contributed by atoms with E-state index < -0.39 is 11.1 Å². The van der Waals surface area contributed by atoms with Crippen LogP contribution in [-0.4, -0.2) is 53.3 Å². The van der Waals surface area contributed by atoms with Crippen LogP contribution in [0.25, 0.3) is 5.69 Å². The average molecular weight is 486 g/mol. The third-order valence-corrected chi connectivity index (χ3v) is 6.47. The topological polar surface area (TPSA) is 70.5 Å². The van der Waals surface area contributed by atoms with Crippen molar-refractivity contribution in [2.45, 2.75) is 18.4 Å². The number of likely N-dealkylation sites (N-methyl/N-ethyl adjacent to an activating group) is 1. The summed E-state index contributed by atoms with van der Waals surface area (Å²) in [5.41, 5.74) is 0.842. The van der Waals surface area contributed by atoms with Gasteiger partial charge in [0, 0.05) is 37.9 Å². The van der Waals surface area contributed by atoms with Crippen LogP contribution in [0.1, 0.15) is 12.8 Å². The van der Waals surface area contributed by atoms with E-state index >= 15 is 0 Å². The number of anilines is 2. The molecule has 0 saturated carbocycles. The molecule has 1 amide bonds. The Morgan fingerprint density at radius 2 is 1.76 bits per heavy atom. The summed E-state index contributed by atoms with van der Waals surface area (Å²) in [6.45, 7) is 1.09. The van der Waals surface area contributed by atoms with Gasteiger partial charge in [0.15, 0.2) is 0 Å². The number of halogens is 2. The molecule has 1 fully saturated rings. The molecule has 172 valence electrons. The first kappa shape index (κ1) is 23.1. The zero-order valence-electron chi connectivity index (χ0n) is 18.5. The maximum absolute atomic E-state index is 13.2. The quantitative estimate of drug-likeness (QED) is 0.589. The predicted molar refractivity (Wildman–Crippen MR) is 133 cm³/mol. The Balaban J connectivity index is 1.59. The molecule has 0 spiro atoms. The van der Waals surface area contributed by atoms with E-state index in [9.17, 15) is 9.59 Å². The highest BCUT2D eigenvalue weighted by atomic mass is 35.5. The molecular formula is C24H25Cl2N5O2. The second-order valence-electron chi connectivity index (χ2n) is 8.30. The molecular weight excluding hydrogens is 461 g/mol. The van der Waals surface area contributed by atoms with Gasteiger partial charge in [0.2, 0.25) is 5.91 Å². The summed E-state index contributed by atoms with van der Waals surface area (Å²) in [5, 5.41) is 8.38. The van der Waals surface area contributed by atoms with Gasteiger partial charge in [0.05, 0.1) is 17.6 Å². The molecule has 4 rings (SSSR count). The molecule has 0 radical (unpaired) electrons. The maximum Gasteiger partial charge on any atom is 0.292 e. The molecule has 1 aliphatic heterocycles. The van der Waals surface area contributed by atoms with E-state index in [-0.39, 0.29) is 10.9 Å². The number of amides is 1. The number of nitrogens with zero attached hydrogens (tertiary/aromatic N) is 4. The SMILES string of the molecule is CN(C)C(=O)C1(Nc2ccccc2)CCN(c2cnn(-c3cccc(Cl)c3)c(=O)c2Cl)CC1. The molecule has 0 bridgehead atoms. The van der Waals surface area contributed by atoms with Crippen molar-refractivity contribution in [1.29, 1.82) is 0 Å². The molecule has 0 atom stereocenters. The molecule has 2 heterocycles. The van der Waals surface area contributed by atoms with Crippen molar-refractivity contribution in [3.8, 4) is 5.69 Å². The molecule has 1 saturated heterocycles. The first-order valence-corrected chi connectivity index (χ1v) is 11.4. The Bertz CT molecular complexity index is 1200. The molecule has 0 aliphatic carbocycles. The van der Waals surface area contributed by atoms with Crippen molar-refractivity contribution in [1.82, 2.24) is 14.7 Å². The second-order valence-corrected chi connectivity index (χ2v) is 9.11. The van der Waals surface area contributed by atoms with Crippen LogP contribution in [-0.2, 0) is 4.79 Å². The Morgan fingerprint density at radius 1 is 1.06 bits per heavy atom. The number of carbonyl (C=O) groups excluding carboxylic acids is 1. The summed E-state index contributed by atoms with van der Waals surface area (Å²) in [6.07, 6.45) is 2.69. The van der Waals surface area contributed by atoms with Crippen molar-refractivity contribution in [2.24, 2.45) is 0 Å². The molecule has 1 N–H and O–H groups in total. The van der Waals surface area contributed by atoms with Gasteiger partial charge in [-0.05, 0) is 43.2 Å². The standard InChI is InChI=1S/C24H25Cl2N5O2/c1-29(2)23(33)24(28-18-8-4-3-5-9-18)11-13-30(14-12-24)20-16-27-31(22(32)21(20)26)19-10-6-7-17(25)15-19/h3-10,15-16,28H,11-14H2,1-2H3. The van der Waals surface area contributed by atoms with Crippen molar-refractivity contribution in [2.75, 3.05) is 37.4 Å². The van der Waals surface area contributed by atoms with E-state index in [0.29, 0.717) is 42.3 Å². The fraction of sp³-hybridized carbons (Fsp3) is 0.292. The molecule has 33 heavy (non-hydrogen) atoms. The lowest BCUT2D eigenvalue weighted by Crippen LogP contribution is -2.58. The second kappa shape index (κ2) is 9.45. The van der Waals surface area contributed by atoms with Crippen LogP contribution in [0.5, 0.6) is 0 Å². The van der Waals surface area contributed by atoms with E-state index in [4.69, 9.17) is 23.2 Å². The normalized spacial score (nSPS) is 15.2. The summed E-state index contributed by atoms with van der Waals surface area (Å²) in [5.74, 6) is 0.0200. The number of benzene rings is 2. The smallest absolute Gasteiger partial charge is 0.292 e. The van der Waals surface area contributed by atoms with Crippen molar-refractivity contribution in [3.05, 3.63) is 81.2 Å². The fourth-order valence-electron chi connectivity index (χ4n) is 4.18. The lowest BCUT2D eigenvalue weighted by atomic mass is 9.85. The number of hydrogen-bond donors (Lipinski definition) is 1. The van der Waals surface area contributed by atoms with Gasteiger partial charge in [-0.15, -0.1) is 0 Å². The van der Waals surface area contributed by atoms with Crippen LogP contribution in [0.2, 0.25) is 10.0 Å². The van der Waals surface area contributed by atoms with E-state index in [1.165, 1.54) is 4.68 Å². The van der Waals surface area contributed by atoms with E-state index in [2.05, 4.69) is 10.4 Å². The van der Waals surface area contributed by atoms with Gasteiger partial charge < -0.3 is 15.1 Å². The molecule has 7 nitrogen and oxygen atoms in total. The number of rotatable bonds is 5. The zero-order valence-corrected chi connectivity index (χ0v) is 20.0. The van der Waals surface area contributed by atoms with Gasteiger partial charge in [-0.2, -0.15) is 9.78 Å². The zero-order chi connectivity index (χ0) is 23.6. The highest BCUT2D eigenvalue weighted by Gasteiger charge is 2.42. The van der Waals surface area contributed by atoms with Gasteiger partial charge >= 0.3 is 0 Å². The van der Waals surface area contributed by atoms with Crippen molar-refractivity contribution >= 4 is 40.5 Å². The van der Waals surface area contributed by atoms with Crippen LogP contribution in [0.15, 0.2) is 65.6 Å². The maximum atomic E-state index is 13.2. The van der Waals surface area contributed by atoms with Crippen LogP contribution in [0.4, 0.5) is 11.4 Å². The van der Waals surface area contributed by atoms with E-state index in [1.54, 1.807) is 49.5 Å². The number of nitrogens with one attached hydrogen (secondary N) is 1. The van der Waals surface area contributed by atoms with Crippen molar-refractivity contribution in [3.63, 3.8) is 0 Å². The van der Waals surface area contributed by atoms with E-state index in [0.717, 1.165) is 5.69 Å². The largest absolute Gasteiger partial charge is 0.371 e. The number of carbonyl (C=O) groups is 1. The highest BCUT2D eigenvalue weighted by molar-refractivity contribution is 6.33. The van der Waals surface area contributed by atoms with Gasteiger partial charge in [-0.3, -0.25) is 9.59 Å². The van der Waals surface area contributed by atoms with Crippen molar-refractivity contribution < 1.29 is 4.79 Å². The third kappa shape index (κ3) is 4.70. The molecule has 1 aliphatic rings. The van der Waals surface area contributed by atoms with Crippen LogP contribution in [0, 0.1) is 0 Å². The fourth-order valence-corrected chi connectivity index (χ4v) is 4.62. The van der Waals surface area contributed by atoms with Gasteiger partial charge in [-0.25, -0.2) is 0 Å². The molecule has 3 aromatic rings. The minimum atomic E-state index is -0.739. The minimum absolute atomic E-state index is 0.0200. The van der Waals surface area contributed by atoms with Crippen LogP contribution < -0.4 is 15.8 Å². The minimum Gasteiger partial charge on any atom is -0.371 e. The lowest BCUT2D eigenvalue weighted by molar-refractivity contribution is -0.134. The molecule has 0 unspecified atom stereocenters. The first-order valence-electron chi connectivity index (χ1n) is 10.6.